The zero-order valence-electron chi connectivity index (χ0n) is 13.1. The first-order valence-corrected chi connectivity index (χ1v) is 7.43. The van der Waals surface area contributed by atoms with E-state index in [1.807, 2.05) is 45.2 Å². The molecular formula is C18H19N3O. The number of aryl methyl sites for hydroxylation is 2. The third-order valence-electron chi connectivity index (χ3n) is 3.95. The molecule has 112 valence electrons. The minimum absolute atomic E-state index is 0.0215. The normalized spacial score (nSPS) is 12.5. The van der Waals surface area contributed by atoms with Crippen LogP contribution >= 0.6 is 0 Å². The van der Waals surface area contributed by atoms with Crippen LogP contribution in [0.1, 0.15) is 29.7 Å². The first-order valence-electron chi connectivity index (χ1n) is 7.43. The molecule has 0 aliphatic heterocycles. The number of pyridine rings is 1. The summed E-state index contributed by atoms with van der Waals surface area (Å²) in [5, 5.41) is 0.693. The van der Waals surface area contributed by atoms with Gasteiger partial charge in [-0.3, -0.25) is 14.3 Å². The largest absolute Gasteiger partial charge is 0.296 e. The number of benzene rings is 1. The van der Waals surface area contributed by atoms with Gasteiger partial charge in [-0.25, -0.2) is 4.98 Å². The van der Waals surface area contributed by atoms with Crippen molar-refractivity contribution < 1.29 is 0 Å². The summed E-state index contributed by atoms with van der Waals surface area (Å²) >= 11 is 0. The molecule has 2 heterocycles. The van der Waals surface area contributed by atoms with Gasteiger partial charge in [0.25, 0.3) is 5.56 Å². The van der Waals surface area contributed by atoms with Crippen molar-refractivity contribution >= 4 is 10.9 Å². The van der Waals surface area contributed by atoms with Crippen LogP contribution < -0.4 is 5.56 Å². The fourth-order valence-electron chi connectivity index (χ4n) is 2.88. The van der Waals surface area contributed by atoms with Crippen molar-refractivity contribution in [2.45, 2.75) is 33.2 Å². The van der Waals surface area contributed by atoms with Crippen molar-refractivity contribution in [1.29, 1.82) is 0 Å². The molecule has 2 aromatic heterocycles. The minimum atomic E-state index is 0.0215. The van der Waals surface area contributed by atoms with Crippen LogP contribution in [0.15, 0.2) is 47.8 Å². The Morgan fingerprint density at radius 2 is 2.09 bits per heavy atom. The maximum absolute atomic E-state index is 12.8. The molecule has 0 aliphatic rings. The van der Waals surface area contributed by atoms with E-state index < -0.39 is 0 Å². The van der Waals surface area contributed by atoms with Crippen LogP contribution in [-0.2, 0) is 6.42 Å². The van der Waals surface area contributed by atoms with E-state index in [-0.39, 0.29) is 11.6 Å². The third-order valence-corrected chi connectivity index (χ3v) is 3.95. The summed E-state index contributed by atoms with van der Waals surface area (Å²) in [5.74, 6) is 0. The van der Waals surface area contributed by atoms with Gasteiger partial charge >= 0.3 is 0 Å². The smallest absolute Gasteiger partial charge is 0.261 e. The molecule has 0 bridgehead atoms. The topological polar surface area (TPSA) is 47.8 Å². The van der Waals surface area contributed by atoms with Gasteiger partial charge in [-0.15, -0.1) is 0 Å². The van der Waals surface area contributed by atoms with Crippen LogP contribution in [0.25, 0.3) is 10.9 Å². The first kappa shape index (κ1) is 14.4. The second-order valence-corrected chi connectivity index (χ2v) is 5.85. The molecule has 1 aromatic carbocycles. The van der Waals surface area contributed by atoms with E-state index in [4.69, 9.17) is 0 Å². The highest BCUT2D eigenvalue weighted by Crippen LogP contribution is 2.17. The molecule has 22 heavy (non-hydrogen) atoms. The van der Waals surface area contributed by atoms with Gasteiger partial charge < -0.3 is 0 Å². The Morgan fingerprint density at radius 3 is 2.82 bits per heavy atom. The number of hydrogen-bond acceptors (Lipinski definition) is 3. The Morgan fingerprint density at radius 1 is 1.27 bits per heavy atom. The van der Waals surface area contributed by atoms with Crippen LogP contribution in [0.2, 0.25) is 0 Å². The zero-order chi connectivity index (χ0) is 15.7. The van der Waals surface area contributed by atoms with Gasteiger partial charge in [0.2, 0.25) is 0 Å². The number of hydrogen-bond donors (Lipinski definition) is 0. The van der Waals surface area contributed by atoms with Gasteiger partial charge in [-0.1, -0.05) is 12.1 Å². The van der Waals surface area contributed by atoms with Crippen molar-refractivity contribution in [1.82, 2.24) is 14.5 Å². The quantitative estimate of drug-likeness (QED) is 0.745. The van der Waals surface area contributed by atoms with Gasteiger partial charge in [-0.05, 0) is 56.0 Å². The molecule has 4 heteroatoms. The summed E-state index contributed by atoms with van der Waals surface area (Å²) in [7, 11) is 0. The average Bonchev–Trinajstić information content (AvgIpc) is 2.49. The second-order valence-electron chi connectivity index (χ2n) is 5.85. The highest BCUT2D eigenvalue weighted by Gasteiger charge is 2.12. The molecule has 0 aliphatic carbocycles. The lowest BCUT2D eigenvalue weighted by Crippen LogP contribution is -2.25. The maximum Gasteiger partial charge on any atom is 0.261 e. The van der Waals surface area contributed by atoms with Crippen LogP contribution in [0.5, 0.6) is 0 Å². The predicted molar refractivity (Wildman–Crippen MR) is 88.1 cm³/mol. The Labute approximate surface area is 129 Å². The molecule has 0 fully saturated rings. The number of rotatable bonds is 3. The van der Waals surface area contributed by atoms with Gasteiger partial charge in [0, 0.05) is 18.4 Å². The molecule has 0 saturated carbocycles. The summed E-state index contributed by atoms with van der Waals surface area (Å²) in [6.07, 6.45) is 6.01. The average molecular weight is 293 g/mol. The van der Waals surface area contributed by atoms with E-state index in [9.17, 15) is 4.79 Å². The molecule has 4 nitrogen and oxygen atoms in total. The molecular weight excluding hydrogens is 274 g/mol. The van der Waals surface area contributed by atoms with Crippen molar-refractivity contribution in [3.63, 3.8) is 0 Å². The first-order chi connectivity index (χ1) is 10.6. The Bertz CT molecular complexity index is 869. The molecule has 0 radical (unpaired) electrons. The predicted octanol–water partition coefficient (Wildman–Crippen LogP) is 3.21. The lowest BCUT2D eigenvalue weighted by atomic mass is 10.1. The van der Waals surface area contributed by atoms with Gasteiger partial charge in [-0.2, -0.15) is 0 Å². The fourth-order valence-corrected chi connectivity index (χ4v) is 2.88. The molecule has 0 saturated heterocycles. The lowest BCUT2D eigenvalue weighted by Gasteiger charge is -2.16. The molecule has 0 amide bonds. The van der Waals surface area contributed by atoms with Gasteiger partial charge in [0.1, 0.15) is 0 Å². The fraction of sp³-hybridized carbons (Fsp3) is 0.278. The van der Waals surface area contributed by atoms with Crippen LogP contribution in [0.3, 0.4) is 0 Å². The third kappa shape index (κ3) is 2.64. The van der Waals surface area contributed by atoms with Gasteiger partial charge in [0.05, 0.1) is 17.2 Å². The molecule has 1 unspecified atom stereocenters. The Hall–Kier alpha value is -2.49. The minimum Gasteiger partial charge on any atom is -0.296 e. The highest BCUT2D eigenvalue weighted by molar-refractivity contribution is 5.81. The van der Waals surface area contributed by atoms with Crippen LogP contribution in [0.4, 0.5) is 0 Å². The second kappa shape index (κ2) is 5.72. The summed E-state index contributed by atoms with van der Waals surface area (Å²) in [6, 6.07) is 7.95. The van der Waals surface area contributed by atoms with E-state index in [1.165, 1.54) is 0 Å². The van der Waals surface area contributed by atoms with E-state index in [0.717, 1.165) is 28.6 Å². The Balaban J connectivity index is 2.04. The summed E-state index contributed by atoms with van der Waals surface area (Å²) < 4.78 is 1.72. The van der Waals surface area contributed by atoms with Crippen molar-refractivity contribution in [3.05, 3.63) is 70.0 Å². The SMILES string of the molecule is Cc1cc(C)c2ncn(C(C)Cc3cccnc3)c(=O)c2c1. The van der Waals surface area contributed by atoms with E-state index in [1.54, 1.807) is 17.1 Å². The van der Waals surface area contributed by atoms with E-state index in [2.05, 4.69) is 16.0 Å². The standard InChI is InChI=1S/C18H19N3O/c1-12-7-13(2)17-16(8-12)18(22)21(11-20-17)14(3)9-15-5-4-6-19-10-15/h4-8,10-11,14H,9H2,1-3H3. The maximum atomic E-state index is 12.8. The monoisotopic (exact) mass is 293 g/mol. The zero-order valence-corrected chi connectivity index (χ0v) is 13.1. The Kier molecular flexibility index (Phi) is 3.75. The van der Waals surface area contributed by atoms with E-state index in [0.29, 0.717) is 5.39 Å². The summed E-state index contributed by atoms with van der Waals surface area (Å²) in [6.45, 7) is 6.03. The molecule has 0 spiro atoms. The molecule has 3 rings (SSSR count). The summed E-state index contributed by atoms with van der Waals surface area (Å²) in [5.41, 5.74) is 4.05. The number of nitrogens with zero attached hydrogens (tertiary/aromatic N) is 3. The van der Waals surface area contributed by atoms with Crippen LogP contribution in [0, 0.1) is 13.8 Å². The number of aromatic nitrogens is 3. The van der Waals surface area contributed by atoms with Crippen molar-refractivity contribution in [2.24, 2.45) is 0 Å². The molecule has 3 aromatic rings. The van der Waals surface area contributed by atoms with Crippen LogP contribution in [-0.4, -0.2) is 14.5 Å². The van der Waals surface area contributed by atoms with E-state index >= 15 is 0 Å². The highest BCUT2D eigenvalue weighted by atomic mass is 16.1. The molecule has 0 N–H and O–H groups in total. The summed E-state index contributed by atoms with van der Waals surface area (Å²) in [4.78, 5) is 21.4. The van der Waals surface area contributed by atoms with Crippen molar-refractivity contribution in [3.8, 4) is 0 Å². The lowest BCUT2D eigenvalue weighted by molar-refractivity contribution is 0.522. The van der Waals surface area contributed by atoms with Gasteiger partial charge in [0.15, 0.2) is 0 Å². The van der Waals surface area contributed by atoms with Crippen molar-refractivity contribution in [2.75, 3.05) is 0 Å². The number of fused-ring (bicyclic) bond motifs is 1. The molecule has 1 atom stereocenters.